The molecular weight excluding hydrogens is 317 g/mol. The maximum atomic E-state index is 12.1. The maximum absolute atomic E-state index is 12.1. The minimum Gasteiger partial charge on any atom is -0.449 e. The van der Waals surface area contributed by atoms with E-state index in [0.29, 0.717) is 11.5 Å². The number of hydrogen-bond donors (Lipinski definition) is 0. The molecule has 0 radical (unpaired) electrons. The Balaban J connectivity index is 2.28. The van der Waals surface area contributed by atoms with Gasteiger partial charge in [0, 0.05) is 5.75 Å². The fraction of sp³-hybridized carbons (Fsp3) is 0.500. The van der Waals surface area contributed by atoms with Crippen LogP contribution in [0.1, 0.15) is 5.76 Å². The predicted molar refractivity (Wildman–Crippen MR) is 58.7 cm³/mol. The molecule has 0 aliphatic rings. The Morgan fingerprint density at radius 3 is 2.60 bits per heavy atom. The van der Waals surface area contributed by atoms with E-state index in [4.69, 9.17) is 16.0 Å². The molecule has 0 aromatic carbocycles. The van der Waals surface area contributed by atoms with E-state index in [1.54, 1.807) is 12.1 Å². The molecular formula is C8H7BrClF3OS. The van der Waals surface area contributed by atoms with Crippen LogP contribution in [0.4, 0.5) is 13.2 Å². The van der Waals surface area contributed by atoms with Crippen molar-refractivity contribution in [2.24, 2.45) is 0 Å². The summed E-state index contributed by atoms with van der Waals surface area (Å²) in [5.74, 6) is 0.902. The molecule has 0 amide bonds. The van der Waals surface area contributed by atoms with Gasteiger partial charge in [0.25, 0.3) is 0 Å². The Bertz CT molecular complexity index is 315. The van der Waals surface area contributed by atoms with Crippen LogP contribution in [0.3, 0.4) is 0 Å². The van der Waals surface area contributed by atoms with Crippen molar-refractivity contribution in [2.45, 2.75) is 16.8 Å². The van der Waals surface area contributed by atoms with Crippen molar-refractivity contribution in [3.63, 3.8) is 0 Å². The molecule has 0 bridgehead atoms. The fourth-order valence-corrected chi connectivity index (χ4v) is 2.38. The lowest BCUT2D eigenvalue weighted by Gasteiger charge is -2.12. The Hall–Kier alpha value is 0.190. The summed E-state index contributed by atoms with van der Waals surface area (Å²) in [6.45, 7) is 0. The molecule has 7 heteroatoms. The third-order valence-electron chi connectivity index (χ3n) is 1.49. The predicted octanol–water partition coefficient (Wildman–Crippen LogP) is 4.49. The van der Waals surface area contributed by atoms with Crippen molar-refractivity contribution in [3.05, 3.63) is 23.1 Å². The van der Waals surface area contributed by atoms with E-state index >= 15 is 0 Å². The average Bonchev–Trinajstić information content (AvgIpc) is 2.49. The highest BCUT2D eigenvalue weighted by atomic mass is 79.9. The highest BCUT2D eigenvalue weighted by Gasteiger charge is 2.37. The van der Waals surface area contributed by atoms with Crippen LogP contribution in [0.25, 0.3) is 0 Å². The van der Waals surface area contributed by atoms with Gasteiger partial charge in [-0.05, 0) is 23.7 Å². The zero-order chi connectivity index (χ0) is 11.5. The Labute approximate surface area is 102 Å². The van der Waals surface area contributed by atoms with Gasteiger partial charge in [-0.1, -0.05) is 15.9 Å². The summed E-state index contributed by atoms with van der Waals surface area (Å²) in [5, 5.41) is 0.247. The van der Waals surface area contributed by atoms with Crippen LogP contribution in [0, 0.1) is 0 Å². The molecule has 0 spiro atoms. The zero-order valence-corrected chi connectivity index (χ0v) is 10.5. The van der Waals surface area contributed by atoms with Gasteiger partial charge in [0.05, 0.1) is 5.75 Å². The Morgan fingerprint density at radius 2 is 2.13 bits per heavy atom. The van der Waals surface area contributed by atoms with Crippen LogP contribution in [0.15, 0.2) is 16.5 Å². The number of alkyl halides is 4. The molecule has 1 aromatic heterocycles. The normalized spacial score (nSPS) is 14.2. The van der Waals surface area contributed by atoms with Gasteiger partial charge in [-0.3, -0.25) is 0 Å². The van der Waals surface area contributed by atoms with Gasteiger partial charge in [0.15, 0.2) is 5.22 Å². The van der Waals surface area contributed by atoms with Crippen LogP contribution in [0.5, 0.6) is 0 Å². The SMILES string of the molecule is FC(F)(F)C(Br)CSCc1ccc(Cl)o1. The average molecular weight is 324 g/mol. The van der Waals surface area contributed by atoms with E-state index in [1.807, 2.05) is 0 Å². The molecule has 15 heavy (non-hydrogen) atoms. The van der Waals surface area contributed by atoms with E-state index < -0.39 is 11.0 Å². The second kappa shape index (κ2) is 5.50. The fourth-order valence-electron chi connectivity index (χ4n) is 0.787. The summed E-state index contributed by atoms with van der Waals surface area (Å²) in [5.41, 5.74) is 0. The second-order valence-corrected chi connectivity index (χ2v) is 5.24. The standard InChI is InChI=1S/C8H7BrClF3OS/c9-6(8(11,12)13)4-15-3-5-1-2-7(10)14-5/h1-2,6H,3-4H2. The van der Waals surface area contributed by atoms with Crippen LogP contribution in [0.2, 0.25) is 5.22 Å². The summed E-state index contributed by atoms with van der Waals surface area (Å²) in [4.78, 5) is -1.49. The summed E-state index contributed by atoms with van der Waals surface area (Å²) in [7, 11) is 0. The largest absolute Gasteiger partial charge is 0.449 e. The van der Waals surface area contributed by atoms with E-state index in [2.05, 4.69) is 15.9 Å². The Morgan fingerprint density at radius 1 is 1.47 bits per heavy atom. The van der Waals surface area contributed by atoms with E-state index in [9.17, 15) is 13.2 Å². The quantitative estimate of drug-likeness (QED) is 0.757. The van der Waals surface area contributed by atoms with Crippen molar-refractivity contribution in [3.8, 4) is 0 Å². The van der Waals surface area contributed by atoms with Gasteiger partial charge in [0.2, 0.25) is 0 Å². The molecule has 0 aliphatic heterocycles. The van der Waals surface area contributed by atoms with Crippen molar-refractivity contribution >= 4 is 39.3 Å². The number of thioether (sulfide) groups is 1. The van der Waals surface area contributed by atoms with Crippen molar-refractivity contribution in [1.29, 1.82) is 0 Å². The first-order chi connectivity index (χ1) is 6.89. The number of halogens is 5. The van der Waals surface area contributed by atoms with Gasteiger partial charge >= 0.3 is 6.18 Å². The van der Waals surface area contributed by atoms with E-state index in [1.165, 1.54) is 0 Å². The second-order valence-electron chi connectivity index (χ2n) is 2.73. The molecule has 1 nitrogen and oxygen atoms in total. The molecule has 1 unspecified atom stereocenters. The lowest BCUT2D eigenvalue weighted by molar-refractivity contribution is -0.122. The minimum atomic E-state index is -4.20. The van der Waals surface area contributed by atoms with Crippen LogP contribution >= 0.6 is 39.3 Å². The molecule has 1 rings (SSSR count). The lowest BCUT2D eigenvalue weighted by Crippen LogP contribution is -2.24. The topological polar surface area (TPSA) is 13.1 Å². The molecule has 0 aliphatic carbocycles. The number of rotatable bonds is 4. The number of hydrogen-bond acceptors (Lipinski definition) is 2. The molecule has 0 fully saturated rings. The maximum Gasteiger partial charge on any atom is 0.402 e. The third kappa shape index (κ3) is 4.70. The summed E-state index contributed by atoms with van der Waals surface area (Å²) in [6.07, 6.45) is -4.20. The highest BCUT2D eigenvalue weighted by molar-refractivity contribution is 9.09. The lowest BCUT2D eigenvalue weighted by atomic mass is 10.5. The molecule has 0 saturated heterocycles. The van der Waals surface area contributed by atoms with Gasteiger partial charge in [0.1, 0.15) is 10.6 Å². The first-order valence-electron chi connectivity index (χ1n) is 3.92. The smallest absolute Gasteiger partial charge is 0.402 e. The molecule has 0 N–H and O–H groups in total. The van der Waals surface area contributed by atoms with E-state index in [-0.39, 0.29) is 11.0 Å². The van der Waals surface area contributed by atoms with Crippen molar-refractivity contribution in [1.82, 2.24) is 0 Å². The third-order valence-corrected chi connectivity index (χ3v) is 4.02. The molecule has 1 aromatic rings. The first kappa shape index (κ1) is 13.3. The van der Waals surface area contributed by atoms with Gasteiger partial charge in [-0.2, -0.15) is 24.9 Å². The van der Waals surface area contributed by atoms with Gasteiger partial charge in [-0.25, -0.2) is 0 Å². The summed E-state index contributed by atoms with van der Waals surface area (Å²) >= 11 is 9.22. The minimum absolute atomic E-state index is 0.0538. The molecule has 1 atom stereocenters. The molecule has 86 valence electrons. The Kier molecular flexibility index (Phi) is 4.86. The molecule has 1 heterocycles. The van der Waals surface area contributed by atoms with Crippen LogP contribution in [-0.2, 0) is 5.75 Å². The van der Waals surface area contributed by atoms with Crippen LogP contribution in [-0.4, -0.2) is 16.8 Å². The number of furan rings is 1. The zero-order valence-electron chi connectivity index (χ0n) is 7.35. The van der Waals surface area contributed by atoms with Gasteiger partial charge < -0.3 is 4.42 Å². The van der Waals surface area contributed by atoms with Crippen molar-refractivity contribution in [2.75, 3.05) is 5.75 Å². The van der Waals surface area contributed by atoms with Crippen molar-refractivity contribution < 1.29 is 17.6 Å². The monoisotopic (exact) mass is 322 g/mol. The van der Waals surface area contributed by atoms with Gasteiger partial charge in [-0.15, -0.1) is 0 Å². The first-order valence-corrected chi connectivity index (χ1v) is 6.37. The molecule has 0 saturated carbocycles. The summed E-state index contributed by atoms with van der Waals surface area (Å²) < 4.78 is 41.2. The van der Waals surface area contributed by atoms with Crippen LogP contribution < -0.4 is 0 Å². The summed E-state index contributed by atoms with van der Waals surface area (Å²) in [6, 6.07) is 3.21. The van der Waals surface area contributed by atoms with E-state index in [0.717, 1.165) is 11.8 Å². The highest BCUT2D eigenvalue weighted by Crippen LogP contribution is 2.30.